The fraction of sp³-hybridized carbons (Fsp3) is 0.316. The van der Waals surface area contributed by atoms with Crippen LogP contribution in [-0.2, 0) is 4.79 Å². The van der Waals surface area contributed by atoms with E-state index in [1.165, 1.54) is 0 Å². The Hall–Kier alpha value is -2.73. The maximum Gasteiger partial charge on any atom is 0.248 e. The van der Waals surface area contributed by atoms with Gasteiger partial charge in [-0.1, -0.05) is 18.9 Å². The van der Waals surface area contributed by atoms with Crippen molar-refractivity contribution < 1.29 is 9.59 Å². The van der Waals surface area contributed by atoms with Gasteiger partial charge in [0.05, 0.1) is 5.69 Å². The fourth-order valence-electron chi connectivity index (χ4n) is 3.06. The second-order valence-electron chi connectivity index (χ2n) is 6.35. The summed E-state index contributed by atoms with van der Waals surface area (Å²) in [6.07, 6.45) is 5.69. The van der Waals surface area contributed by atoms with Gasteiger partial charge in [-0.25, -0.2) is 0 Å². The van der Waals surface area contributed by atoms with Crippen molar-refractivity contribution in [2.45, 2.75) is 38.1 Å². The Morgan fingerprint density at radius 1 is 1.16 bits per heavy atom. The molecule has 2 aromatic rings. The number of primary amides is 1. The summed E-state index contributed by atoms with van der Waals surface area (Å²) in [4.78, 5) is 28.1. The lowest BCUT2D eigenvalue weighted by molar-refractivity contribution is -0.116. The first-order chi connectivity index (χ1) is 12.0. The molecule has 0 unspecified atom stereocenters. The number of aromatic nitrogens is 1. The van der Waals surface area contributed by atoms with Gasteiger partial charge < -0.3 is 16.8 Å². The van der Waals surface area contributed by atoms with E-state index in [0.29, 0.717) is 17.7 Å². The van der Waals surface area contributed by atoms with Crippen molar-refractivity contribution in [2.75, 3.05) is 5.32 Å². The van der Waals surface area contributed by atoms with Crippen LogP contribution in [0.5, 0.6) is 0 Å². The monoisotopic (exact) mass is 338 g/mol. The van der Waals surface area contributed by atoms with Gasteiger partial charge in [0.25, 0.3) is 0 Å². The predicted octanol–water partition coefficient (Wildman–Crippen LogP) is 2.75. The van der Waals surface area contributed by atoms with Crippen LogP contribution in [0.25, 0.3) is 11.1 Å². The van der Waals surface area contributed by atoms with Gasteiger partial charge in [0.15, 0.2) is 0 Å². The highest BCUT2D eigenvalue weighted by Gasteiger charge is 2.15. The van der Waals surface area contributed by atoms with Gasteiger partial charge in [-0.05, 0) is 42.7 Å². The van der Waals surface area contributed by atoms with Gasteiger partial charge >= 0.3 is 0 Å². The molecular weight excluding hydrogens is 316 g/mol. The van der Waals surface area contributed by atoms with Crippen LogP contribution in [0.15, 0.2) is 36.5 Å². The molecule has 0 saturated carbocycles. The van der Waals surface area contributed by atoms with E-state index >= 15 is 0 Å². The molecule has 130 valence electrons. The zero-order valence-corrected chi connectivity index (χ0v) is 14.0. The standard InChI is InChI=1S/C19H22N4O2/c20-15-4-2-1-3-5-18(24)23-16-11-13(19(21)25)6-7-14(16)12-8-9-22-17(15)10-12/h6-11,15H,1-5,20H2,(H2,21,25)(H,23,24)/t15-/m0/s1. The van der Waals surface area contributed by atoms with Crippen LogP contribution < -0.4 is 16.8 Å². The molecule has 0 aliphatic carbocycles. The van der Waals surface area contributed by atoms with Gasteiger partial charge in [-0.3, -0.25) is 14.6 Å². The number of pyridine rings is 1. The van der Waals surface area contributed by atoms with E-state index in [0.717, 1.165) is 42.5 Å². The quantitative estimate of drug-likeness (QED) is 0.742. The molecule has 1 aliphatic heterocycles. The van der Waals surface area contributed by atoms with Crippen molar-refractivity contribution >= 4 is 17.5 Å². The van der Waals surface area contributed by atoms with Crippen molar-refractivity contribution in [2.24, 2.45) is 11.5 Å². The average molecular weight is 338 g/mol. The van der Waals surface area contributed by atoms with Crippen LogP contribution in [0, 0.1) is 0 Å². The molecule has 0 fully saturated rings. The fourth-order valence-corrected chi connectivity index (χ4v) is 3.06. The number of amides is 2. The van der Waals surface area contributed by atoms with Crippen molar-refractivity contribution in [1.29, 1.82) is 0 Å². The molecule has 1 aliphatic rings. The molecule has 2 bridgehead atoms. The summed E-state index contributed by atoms with van der Waals surface area (Å²) in [5.74, 6) is -0.599. The third kappa shape index (κ3) is 4.03. The molecule has 6 nitrogen and oxygen atoms in total. The molecule has 1 aromatic heterocycles. The molecule has 5 N–H and O–H groups in total. The maximum absolute atomic E-state index is 12.3. The lowest BCUT2D eigenvalue weighted by atomic mass is 9.99. The van der Waals surface area contributed by atoms with E-state index in [4.69, 9.17) is 11.5 Å². The SMILES string of the molecule is NC(=O)c1ccc2c(c1)NC(=O)CCCCC[C@H](N)c1cc-2ccn1. The minimum atomic E-state index is -0.530. The van der Waals surface area contributed by atoms with Gasteiger partial charge in [0.1, 0.15) is 0 Å². The average Bonchev–Trinajstić information content (AvgIpc) is 2.61. The van der Waals surface area contributed by atoms with Crippen LogP contribution in [-0.4, -0.2) is 16.8 Å². The van der Waals surface area contributed by atoms with Crippen LogP contribution >= 0.6 is 0 Å². The van der Waals surface area contributed by atoms with Crippen molar-refractivity contribution in [3.05, 3.63) is 47.8 Å². The molecule has 3 rings (SSSR count). The van der Waals surface area contributed by atoms with Gasteiger partial charge in [0.2, 0.25) is 11.8 Å². The number of carbonyl (C=O) groups excluding carboxylic acids is 2. The summed E-state index contributed by atoms with van der Waals surface area (Å²) in [5, 5.41) is 2.92. The maximum atomic E-state index is 12.3. The molecule has 0 saturated heterocycles. The third-order valence-corrected chi connectivity index (χ3v) is 4.47. The predicted molar refractivity (Wildman–Crippen MR) is 96.8 cm³/mol. The van der Waals surface area contributed by atoms with Crippen LogP contribution in [0.3, 0.4) is 0 Å². The van der Waals surface area contributed by atoms with E-state index in [2.05, 4.69) is 10.3 Å². The normalized spacial score (nSPS) is 18.1. The number of nitrogens with two attached hydrogens (primary N) is 2. The molecule has 0 spiro atoms. The molecule has 1 aromatic carbocycles. The number of anilines is 1. The summed E-state index contributed by atoms with van der Waals surface area (Å²) >= 11 is 0. The number of fused-ring (bicyclic) bond motifs is 4. The second-order valence-corrected chi connectivity index (χ2v) is 6.35. The molecule has 0 radical (unpaired) electrons. The van der Waals surface area contributed by atoms with Crippen molar-refractivity contribution in [1.82, 2.24) is 4.98 Å². The largest absolute Gasteiger partial charge is 0.366 e. The molecule has 6 heteroatoms. The Kier molecular flexibility index (Phi) is 5.09. The number of rotatable bonds is 1. The van der Waals surface area contributed by atoms with E-state index in [1.807, 2.05) is 12.1 Å². The van der Waals surface area contributed by atoms with Gasteiger partial charge in [-0.15, -0.1) is 0 Å². The molecule has 2 heterocycles. The van der Waals surface area contributed by atoms with Gasteiger partial charge in [-0.2, -0.15) is 0 Å². The van der Waals surface area contributed by atoms with Crippen LogP contribution in [0.4, 0.5) is 5.69 Å². The highest BCUT2D eigenvalue weighted by Crippen LogP contribution is 2.31. The number of benzene rings is 1. The Morgan fingerprint density at radius 2 is 2.00 bits per heavy atom. The van der Waals surface area contributed by atoms with Crippen LogP contribution in [0.1, 0.15) is 54.2 Å². The third-order valence-electron chi connectivity index (χ3n) is 4.47. The molecular formula is C19H22N4O2. The van der Waals surface area contributed by atoms with E-state index in [9.17, 15) is 9.59 Å². The first-order valence-corrected chi connectivity index (χ1v) is 8.50. The molecule has 25 heavy (non-hydrogen) atoms. The lowest BCUT2D eigenvalue weighted by Gasteiger charge is -2.14. The summed E-state index contributed by atoms with van der Waals surface area (Å²) in [6, 6.07) is 8.75. The summed E-state index contributed by atoms with van der Waals surface area (Å²) in [5.41, 5.74) is 15.1. The second kappa shape index (κ2) is 7.44. The summed E-state index contributed by atoms with van der Waals surface area (Å²) in [7, 11) is 0. The Balaban J connectivity index is 2.09. The first kappa shape index (κ1) is 17.1. The lowest BCUT2D eigenvalue weighted by Crippen LogP contribution is -2.15. The van der Waals surface area contributed by atoms with Crippen molar-refractivity contribution in [3.8, 4) is 11.1 Å². The Bertz CT molecular complexity index is 804. The number of nitrogens with one attached hydrogen (secondary N) is 1. The number of nitrogens with zero attached hydrogens (tertiary/aromatic N) is 1. The summed E-state index contributed by atoms with van der Waals surface area (Å²) in [6.45, 7) is 0. The van der Waals surface area contributed by atoms with Gasteiger partial charge in [0, 0.05) is 35.5 Å². The highest BCUT2D eigenvalue weighted by atomic mass is 16.2. The smallest absolute Gasteiger partial charge is 0.248 e. The highest BCUT2D eigenvalue weighted by molar-refractivity contribution is 6.00. The van der Waals surface area contributed by atoms with E-state index < -0.39 is 5.91 Å². The molecule has 1 atom stereocenters. The zero-order chi connectivity index (χ0) is 17.8. The Labute approximate surface area is 146 Å². The minimum absolute atomic E-state index is 0.0688. The van der Waals surface area contributed by atoms with Crippen molar-refractivity contribution in [3.63, 3.8) is 0 Å². The number of hydrogen-bond acceptors (Lipinski definition) is 4. The summed E-state index contributed by atoms with van der Waals surface area (Å²) < 4.78 is 0. The number of carbonyl (C=O) groups is 2. The van der Waals surface area contributed by atoms with E-state index in [-0.39, 0.29) is 11.9 Å². The van der Waals surface area contributed by atoms with Crippen LogP contribution in [0.2, 0.25) is 0 Å². The first-order valence-electron chi connectivity index (χ1n) is 8.50. The zero-order valence-electron chi connectivity index (χ0n) is 14.0. The molecule has 2 amide bonds. The van der Waals surface area contributed by atoms with E-state index in [1.54, 1.807) is 24.4 Å². The topological polar surface area (TPSA) is 111 Å². The minimum Gasteiger partial charge on any atom is -0.366 e. The Morgan fingerprint density at radius 3 is 2.80 bits per heavy atom. The number of hydrogen-bond donors (Lipinski definition) is 3.